The molecule has 1 aliphatic carbocycles. The van der Waals surface area contributed by atoms with Gasteiger partial charge in [-0.15, -0.1) is 0 Å². The summed E-state index contributed by atoms with van der Waals surface area (Å²) in [5.74, 6) is 0. The van der Waals surface area contributed by atoms with Crippen LogP contribution in [0.4, 0.5) is 0 Å². The van der Waals surface area contributed by atoms with Crippen molar-refractivity contribution in [1.82, 2.24) is 15.5 Å². The average molecular weight is 439 g/mol. The summed E-state index contributed by atoms with van der Waals surface area (Å²) in [7, 11) is 0. The first-order valence-corrected chi connectivity index (χ1v) is 9.87. The topological polar surface area (TPSA) is 27.3 Å². The molecule has 5 heteroatoms. The summed E-state index contributed by atoms with van der Waals surface area (Å²) in [5.41, 5.74) is 4.46. The molecule has 0 radical (unpaired) electrons. The van der Waals surface area contributed by atoms with Crippen molar-refractivity contribution in [2.75, 3.05) is 26.2 Å². The molecule has 4 rings (SSSR count). The SMILES string of the molecule is BrC1=CNC2C(=C1)CCc1cccc(Br)c1C2N1CCNCC1. The highest BCUT2D eigenvalue weighted by molar-refractivity contribution is 9.12. The second kappa shape index (κ2) is 6.71. The third-order valence-corrected chi connectivity index (χ3v) is 6.26. The van der Waals surface area contributed by atoms with Crippen molar-refractivity contribution in [2.24, 2.45) is 0 Å². The van der Waals surface area contributed by atoms with E-state index in [1.807, 2.05) is 0 Å². The van der Waals surface area contributed by atoms with Gasteiger partial charge in [-0.3, -0.25) is 4.90 Å². The zero-order valence-electron chi connectivity index (χ0n) is 13.0. The number of nitrogens with one attached hydrogen (secondary N) is 2. The predicted molar refractivity (Wildman–Crippen MR) is 102 cm³/mol. The second-order valence-corrected chi connectivity index (χ2v) is 8.21. The summed E-state index contributed by atoms with van der Waals surface area (Å²) in [6, 6.07) is 7.40. The molecule has 2 aliphatic heterocycles. The van der Waals surface area contributed by atoms with Crippen LogP contribution in [0.25, 0.3) is 0 Å². The van der Waals surface area contributed by atoms with Crippen LogP contribution in [0.5, 0.6) is 0 Å². The van der Waals surface area contributed by atoms with E-state index in [4.69, 9.17) is 0 Å². The molecule has 122 valence electrons. The van der Waals surface area contributed by atoms with Gasteiger partial charge in [0.05, 0.1) is 12.1 Å². The summed E-state index contributed by atoms with van der Waals surface area (Å²) < 4.78 is 2.39. The summed E-state index contributed by atoms with van der Waals surface area (Å²) in [6.07, 6.45) is 6.65. The molecule has 2 heterocycles. The fraction of sp³-hybridized carbons (Fsp3) is 0.444. The molecule has 0 bridgehead atoms. The first-order chi connectivity index (χ1) is 11.2. The zero-order valence-corrected chi connectivity index (χ0v) is 16.2. The van der Waals surface area contributed by atoms with Crippen LogP contribution in [-0.4, -0.2) is 37.1 Å². The minimum Gasteiger partial charge on any atom is -0.382 e. The van der Waals surface area contributed by atoms with E-state index in [1.165, 1.54) is 21.2 Å². The highest BCUT2D eigenvalue weighted by atomic mass is 79.9. The van der Waals surface area contributed by atoms with Crippen LogP contribution in [-0.2, 0) is 6.42 Å². The first-order valence-electron chi connectivity index (χ1n) is 8.28. The van der Waals surface area contributed by atoms with Gasteiger partial charge in [-0.25, -0.2) is 0 Å². The Morgan fingerprint density at radius 2 is 1.91 bits per heavy atom. The lowest BCUT2D eigenvalue weighted by atomic mass is 9.91. The minimum atomic E-state index is 0.356. The number of rotatable bonds is 1. The number of nitrogens with zero attached hydrogens (tertiary/aromatic N) is 1. The molecular formula is C18H21Br2N3. The third-order valence-electron chi connectivity index (χ3n) is 5.11. The Kier molecular flexibility index (Phi) is 4.63. The molecule has 0 saturated carbocycles. The van der Waals surface area contributed by atoms with Crippen molar-refractivity contribution in [3.63, 3.8) is 0 Å². The van der Waals surface area contributed by atoms with Gasteiger partial charge in [0.15, 0.2) is 0 Å². The molecular weight excluding hydrogens is 418 g/mol. The van der Waals surface area contributed by atoms with Crippen molar-refractivity contribution < 1.29 is 0 Å². The first kappa shape index (κ1) is 15.9. The van der Waals surface area contributed by atoms with Gasteiger partial charge in [0, 0.05) is 41.3 Å². The Bertz CT molecular complexity index is 662. The smallest absolute Gasteiger partial charge is 0.0670 e. The normalized spacial score (nSPS) is 27.9. The predicted octanol–water partition coefficient (Wildman–Crippen LogP) is 3.48. The number of dihydropyridines is 1. The maximum Gasteiger partial charge on any atom is 0.0670 e. The van der Waals surface area contributed by atoms with Crippen molar-refractivity contribution in [3.8, 4) is 0 Å². The van der Waals surface area contributed by atoms with Gasteiger partial charge in [-0.05, 0) is 57.6 Å². The minimum absolute atomic E-state index is 0.356. The van der Waals surface area contributed by atoms with Crippen LogP contribution < -0.4 is 10.6 Å². The largest absolute Gasteiger partial charge is 0.382 e. The Morgan fingerprint density at radius 3 is 2.74 bits per heavy atom. The van der Waals surface area contributed by atoms with Crippen molar-refractivity contribution in [1.29, 1.82) is 0 Å². The lowest BCUT2D eigenvalue weighted by molar-refractivity contribution is 0.152. The molecule has 2 N–H and O–H groups in total. The quantitative estimate of drug-likeness (QED) is 0.702. The number of benzene rings is 1. The van der Waals surface area contributed by atoms with Gasteiger partial charge >= 0.3 is 0 Å². The lowest BCUT2D eigenvalue weighted by Crippen LogP contribution is -2.51. The van der Waals surface area contributed by atoms with E-state index < -0.39 is 0 Å². The van der Waals surface area contributed by atoms with E-state index in [1.54, 1.807) is 0 Å². The molecule has 0 amide bonds. The van der Waals surface area contributed by atoms with E-state index >= 15 is 0 Å². The zero-order chi connectivity index (χ0) is 15.8. The van der Waals surface area contributed by atoms with Crippen molar-refractivity contribution in [3.05, 3.63) is 56.1 Å². The Hall–Kier alpha value is -0.620. The molecule has 3 aliphatic rings. The van der Waals surface area contributed by atoms with Crippen LogP contribution in [0.2, 0.25) is 0 Å². The van der Waals surface area contributed by atoms with Crippen LogP contribution >= 0.6 is 31.9 Å². The molecule has 0 spiro atoms. The number of halogens is 2. The van der Waals surface area contributed by atoms with E-state index in [0.29, 0.717) is 12.1 Å². The second-order valence-electron chi connectivity index (χ2n) is 6.44. The number of allylic oxidation sites excluding steroid dienone is 2. The van der Waals surface area contributed by atoms with Crippen LogP contribution in [0, 0.1) is 0 Å². The number of hydrogen-bond donors (Lipinski definition) is 2. The molecule has 1 aromatic carbocycles. The fourth-order valence-corrected chi connectivity index (χ4v) is 5.10. The number of piperazine rings is 1. The molecule has 23 heavy (non-hydrogen) atoms. The van der Waals surface area contributed by atoms with Gasteiger partial charge in [-0.2, -0.15) is 0 Å². The summed E-state index contributed by atoms with van der Waals surface area (Å²) in [6.45, 7) is 4.34. The summed E-state index contributed by atoms with van der Waals surface area (Å²) in [4.78, 5) is 2.64. The fourth-order valence-electron chi connectivity index (χ4n) is 4.04. The molecule has 2 unspecified atom stereocenters. The molecule has 1 saturated heterocycles. The standard InChI is InChI=1S/C18H21Br2N3/c19-14-10-13-5-4-12-2-1-3-15(20)16(12)18(17(13)22-11-14)23-8-6-21-7-9-23/h1-3,10-11,17-18,21-22H,4-9H2. The highest BCUT2D eigenvalue weighted by Crippen LogP contribution is 2.41. The van der Waals surface area contributed by atoms with Gasteiger partial charge in [0.2, 0.25) is 0 Å². The summed E-state index contributed by atoms with van der Waals surface area (Å²) in [5, 5.41) is 7.15. The van der Waals surface area contributed by atoms with Gasteiger partial charge in [0.25, 0.3) is 0 Å². The lowest BCUT2D eigenvalue weighted by Gasteiger charge is -2.41. The summed E-state index contributed by atoms with van der Waals surface area (Å²) >= 11 is 7.47. The van der Waals surface area contributed by atoms with E-state index in [-0.39, 0.29) is 0 Å². The van der Waals surface area contributed by atoms with Gasteiger partial charge in [0.1, 0.15) is 0 Å². The molecule has 1 aromatic rings. The molecule has 2 atom stereocenters. The van der Waals surface area contributed by atoms with Gasteiger partial charge < -0.3 is 10.6 Å². The van der Waals surface area contributed by atoms with Crippen molar-refractivity contribution in [2.45, 2.75) is 24.9 Å². The van der Waals surface area contributed by atoms with E-state index in [9.17, 15) is 0 Å². The van der Waals surface area contributed by atoms with E-state index in [0.717, 1.165) is 43.5 Å². The third kappa shape index (κ3) is 3.04. The Labute approximate surface area is 154 Å². The Morgan fingerprint density at radius 1 is 1.09 bits per heavy atom. The molecule has 0 aromatic heterocycles. The Balaban J connectivity index is 1.81. The van der Waals surface area contributed by atoms with Gasteiger partial charge in [-0.1, -0.05) is 28.1 Å². The highest BCUT2D eigenvalue weighted by Gasteiger charge is 2.37. The monoisotopic (exact) mass is 437 g/mol. The van der Waals surface area contributed by atoms with Crippen LogP contribution in [0.1, 0.15) is 23.6 Å². The van der Waals surface area contributed by atoms with Crippen LogP contribution in [0.15, 0.2) is 45.0 Å². The molecule has 3 nitrogen and oxygen atoms in total. The number of hydrogen-bond acceptors (Lipinski definition) is 3. The van der Waals surface area contributed by atoms with E-state index in [2.05, 4.69) is 77.9 Å². The van der Waals surface area contributed by atoms with Crippen molar-refractivity contribution >= 4 is 31.9 Å². The average Bonchev–Trinajstić information content (AvgIpc) is 2.73. The number of aryl methyl sites for hydroxylation is 1. The molecule has 1 fully saturated rings. The number of fused-ring (bicyclic) bond motifs is 2. The maximum absolute atomic E-state index is 3.84. The van der Waals surface area contributed by atoms with Crippen LogP contribution in [0.3, 0.4) is 0 Å². The maximum atomic E-state index is 3.84.